The van der Waals surface area contributed by atoms with Gasteiger partial charge in [-0.1, -0.05) is 35.5 Å². The van der Waals surface area contributed by atoms with Crippen LogP contribution in [-0.4, -0.2) is 15.4 Å². The monoisotopic (exact) mass is 215 g/mol. The predicted octanol–water partition coefficient (Wildman–Crippen LogP) is 2.18. The third kappa shape index (κ3) is 1.36. The van der Waals surface area contributed by atoms with E-state index in [1.807, 2.05) is 18.2 Å². The fourth-order valence-corrected chi connectivity index (χ4v) is 2.38. The number of nitrogens with one attached hydrogen (secondary N) is 1. The molecule has 5 heteroatoms. The first-order valence-corrected chi connectivity index (χ1v) is 4.80. The van der Waals surface area contributed by atoms with Gasteiger partial charge in [-0.25, -0.2) is 4.79 Å². The fraction of sp³-hybridized carbons (Fsp3) is 0.125. The number of hydrogen-bond donors (Lipinski definition) is 2. The molecular formula is C8H6ClNO2S. The number of thioether (sulfide) groups is 1. The van der Waals surface area contributed by atoms with Gasteiger partial charge in [0, 0.05) is 4.90 Å². The summed E-state index contributed by atoms with van der Waals surface area (Å²) in [6.07, 6.45) is 0. The van der Waals surface area contributed by atoms with Gasteiger partial charge in [0.05, 0.1) is 5.69 Å². The van der Waals surface area contributed by atoms with Crippen LogP contribution in [0.2, 0.25) is 0 Å². The Morgan fingerprint density at radius 1 is 1.54 bits per heavy atom. The lowest BCUT2D eigenvalue weighted by atomic mass is 10.3. The molecule has 2 rings (SSSR count). The minimum atomic E-state index is -1.44. The maximum absolute atomic E-state index is 10.8. The molecule has 0 radical (unpaired) electrons. The molecule has 3 nitrogen and oxygen atoms in total. The number of para-hydroxylation sites is 1. The molecule has 0 saturated carbocycles. The lowest BCUT2D eigenvalue weighted by molar-refractivity contribution is -0.136. The number of hydrogen-bond acceptors (Lipinski definition) is 3. The number of alkyl halides is 1. The molecule has 2 N–H and O–H groups in total. The molecule has 0 aromatic heterocycles. The van der Waals surface area contributed by atoms with Crippen LogP contribution < -0.4 is 5.32 Å². The van der Waals surface area contributed by atoms with Gasteiger partial charge in [0.1, 0.15) is 0 Å². The zero-order valence-electron chi connectivity index (χ0n) is 6.45. The molecule has 0 bridgehead atoms. The van der Waals surface area contributed by atoms with Crippen molar-refractivity contribution >= 4 is 35.0 Å². The van der Waals surface area contributed by atoms with Crippen LogP contribution in [0.4, 0.5) is 5.69 Å². The smallest absolute Gasteiger partial charge is 0.356 e. The van der Waals surface area contributed by atoms with E-state index in [0.29, 0.717) is 0 Å². The summed E-state index contributed by atoms with van der Waals surface area (Å²) in [7, 11) is 0. The highest BCUT2D eigenvalue weighted by Crippen LogP contribution is 2.47. The molecular weight excluding hydrogens is 210 g/mol. The van der Waals surface area contributed by atoms with E-state index < -0.39 is 10.3 Å². The van der Waals surface area contributed by atoms with Gasteiger partial charge in [0.15, 0.2) is 0 Å². The topological polar surface area (TPSA) is 49.3 Å². The summed E-state index contributed by atoms with van der Waals surface area (Å²) in [6.45, 7) is 0. The van der Waals surface area contributed by atoms with Gasteiger partial charge in [0.2, 0.25) is 0 Å². The lowest BCUT2D eigenvalue weighted by Gasteiger charge is -2.14. The van der Waals surface area contributed by atoms with Crippen LogP contribution in [0, 0.1) is 0 Å². The summed E-state index contributed by atoms with van der Waals surface area (Å²) in [5, 5.41) is 11.6. The van der Waals surface area contributed by atoms with Crippen molar-refractivity contribution in [3.63, 3.8) is 0 Å². The molecule has 1 aliphatic rings. The zero-order chi connectivity index (χ0) is 9.47. The van der Waals surface area contributed by atoms with Gasteiger partial charge >= 0.3 is 5.97 Å². The molecule has 0 amide bonds. The number of halogens is 1. The van der Waals surface area contributed by atoms with E-state index in [2.05, 4.69) is 5.32 Å². The largest absolute Gasteiger partial charge is 0.478 e. The molecule has 1 aliphatic heterocycles. The number of benzene rings is 1. The van der Waals surface area contributed by atoms with E-state index in [4.69, 9.17) is 16.7 Å². The van der Waals surface area contributed by atoms with Crippen LogP contribution in [0.25, 0.3) is 0 Å². The van der Waals surface area contributed by atoms with Crippen LogP contribution in [0.15, 0.2) is 29.2 Å². The second kappa shape index (κ2) is 2.82. The number of fused-ring (bicyclic) bond motifs is 1. The van der Waals surface area contributed by atoms with Crippen molar-refractivity contribution in [3.05, 3.63) is 24.3 Å². The van der Waals surface area contributed by atoms with E-state index in [1.54, 1.807) is 6.07 Å². The second-order valence-corrected chi connectivity index (χ2v) is 4.67. The van der Waals surface area contributed by atoms with Gasteiger partial charge in [-0.2, -0.15) is 0 Å². The summed E-state index contributed by atoms with van der Waals surface area (Å²) in [5.41, 5.74) is 0.768. The highest BCUT2D eigenvalue weighted by Gasteiger charge is 2.43. The first-order valence-electron chi connectivity index (χ1n) is 3.60. The Morgan fingerprint density at radius 2 is 2.23 bits per heavy atom. The Hall–Kier alpha value is -0.870. The predicted molar refractivity (Wildman–Crippen MR) is 52.1 cm³/mol. The highest BCUT2D eigenvalue weighted by atomic mass is 35.5. The van der Waals surface area contributed by atoms with Crippen LogP contribution >= 0.6 is 23.4 Å². The maximum atomic E-state index is 10.8. The van der Waals surface area contributed by atoms with E-state index in [0.717, 1.165) is 22.3 Å². The maximum Gasteiger partial charge on any atom is 0.356 e. The SMILES string of the molecule is O=C(O)C1(Cl)Nc2ccccc2S1. The Bertz CT molecular complexity index is 344. The van der Waals surface area contributed by atoms with Crippen LogP contribution in [0.1, 0.15) is 0 Å². The second-order valence-electron chi connectivity index (χ2n) is 2.62. The molecule has 13 heavy (non-hydrogen) atoms. The summed E-state index contributed by atoms with van der Waals surface area (Å²) in [6, 6.07) is 7.31. The zero-order valence-corrected chi connectivity index (χ0v) is 8.02. The summed E-state index contributed by atoms with van der Waals surface area (Å²) >= 11 is 6.92. The summed E-state index contributed by atoms with van der Waals surface area (Å²) in [5.74, 6) is -1.07. The van der Waals surface area contributed by atoms with Crippen molar-refractivity contribution in [2.75, 3.05) is 5.32 Å². The molecule has 0 saturated heterocycles. The minimum absolute atomic E-state index is 0.768. The fourth-order valence-electron chi connectivity index (χ4n) is 1.11. The van der Waals surface area contributed by atoms with Crippen molar-refractivity contribution in [2.24, 2.45) is 0 Å². The van der Waals surface area contributed by atoms with Gasteiger partial charge in [-0.05, 0) is 12.1 Å². The van der Waals surface area contributed by atoms with Crippen LogP contribution in [0.3, 0.4) is 0 Å². The molecule has 1 unspecified atom stereocenters. The lowest BCUT2D eigenvalue weighted by Crippen LogP contribution is -2.33. The minimum Gasteiger partial charge on any atom is -0.478 e. The molecule has 0 aliphatic carbocycles. The first-order chi connectivity index (χ1) is 6.12. The third-order valence-electron chi connectivity index (χ3n) is 1.71. The van der Waals surface area contributed by atoms with Crippen molar-refractivity contribution in [2.45, 2.75) is 9.23 Å². The van der Waals surface area contributed by atoms with Gasteiger partial charge < -0.3 is 10.4 Å². The van der Waals surface area contributed by atoms with E-state index in [9.17, 15) is 4.79 Å². The first kappa shape index (κ1) is 8.72. The molecule has 0 fully saturated rings. The molecule has 1 atom stereocenters. The normalized spacial score (nSPS) is 25.0. The quantitative estimate of drug-likeness (QED) is 0.557. The van der Waals surface area contributed by atoms with E-state index in [1.165, 1.54) is 0 Å². The van der Waals surface area contributed by atoms with E-state index in [-0.39, 0.29) is 0 Å². The average molecular weight is 216 g/mol. The van der Waals surface area contributed by atoms with Crippen molar-refractivity contribution < 1.29 is 9.90 Å². The number of carbonyl (C=O) groups is 1. The number of aliphatic carboxylic acids is 1. The Labute approximate surface area is 84.1 Å². The molecule has 1 heterocycles. The Morgan fingerprint density at radius 3 is 2.85 bits per heavy atom. The van der Waals surface area contributed by atoms with E-state index >= 15 is 0 Å². The third-order valence-corrected chi connectivity index (χ3v) is 3.33. The number of carboxylic acids is 1. The number of rotatable bonds is 1. The Kier molecular flexibility index (Phi) is 1.89. The molecule has 1 aromatic carbocycles. The van der Waals surface area contributed by atoms with Gasteiger partial charge in [-0.3, -0.25) is 0 Å². The molecule has 1 aromatic rings. The number of anilines is 1. The van der Waals surface area contributed by atoms with Crippen molar-refractivity contribution in [1.82, 2.24) is 0 Å². The van der Waals surface area contributed by atoms with Crippen LogP contribution in [0.5, 0.6) is 0 Å². The average Bonchev–Trinajstić information content (AvgIpc) is 2.42. The number of carboxylic acid groups (broad SMARTS) is 1. The molecule has 68 valence electrons. The molecule has 0 spiro atoms. The van der Waals surface area contributed by atoms with Gasteiger partial charge in [-0.15, -0.1) is 0 Å². The van der Waals surface area contributed by atoms with Crippen LogP contribution in [-0.2, 0) is 4.79 Å². The van der Waals surface area contributed by atoms with Crippen molar-refractivity contribution in [3.8, 4) is 0 Å². The summed E-state index contributed by atoms with van der Waals surface area (Å²) < 4.78 is -1.44. The van der Waals surface area contributed by atoms with Crippen molar-refractivity contribution in [1.29, 1.82) is 0 Å². The standard InChI is InChI=1S/C8H6ClNO2S/c9-8(7(11)12)10-5-3-1-2-4-6(5)13-8/h1-4,10H,(H,11,12). The summed E-state index contributed by atoms with van der Waals surface area (Å²) in [4.78, 5) is 11.6. The highest BCUT2D eigenvalue weighted by molar-refractivity contribution is 8.03. The Balaban J connectivity index is 2.37. The van der Waals surface area contributed by atoms with Gasteiger partial charge in [0.25, 0.3) is 4.33 Å².